The normalized spacial score (nSPS) is 10.9. The number of rotatable bonds is 12. The fourth-order valence-corrected chi connectivity index (χ4v) is 3.45. The highest BCUT2D eigenvalue weighted by Gasteiger charge is 2.05. The number of anilines is 3. The first kappa shape index (κ1) is 27.9. The van der Waals surface area contributed by atoms with Gasteiger partial charge in [0.05, 0.1) is 12.4 Å². The topological polar surface area (TPSA) is 101 Å². The third kappa shape index (κ3) is 9.09. The largest absolute Gasteiger partial charge is 0.385 e. The summed E-state index contributed by atoms with van der Waals surface area (Å²) in [6.07, 6.45) is 4.24. The maximum absolute atomic E-state index is 12.4. The minimum Gasteiger partial charge on any atom is -0.385 e. The van der Waals surface area contributed by atoms with Gasteiger partial charge in [0.1, 0.15) is 0 Å². The van der Waals surface area contributed by atoms with Crippen molar-refractivity contribution in [3.8, 4) is 0 Å². The second-order valence-electron chi connectivity index (χ2n) is 9.08. The van der Waals surface area contributed by atoms with Crippen LogP contribution in [0, 0.1) is 0 Å². The lowest BCUT2D eigenvalue weighted by atomic mass is 10.2. The summed E-state index contributed by atoms with van der Waals surface area (Å²) in [5.74, 6) is -0.435. The lowest BCUT2D eigenvalue weighted by Gasteiger charge is -2.12. The zero-order valence-corrected chi connectivity index (χ0v) is 22.3. The molecule has 38 heavy (non-hydrogen) atoms. The standard InChI is InChI=1S/C29H35N7O2/c1-35(2)26-10-5-8-22(18-26)20-31-33-28(37)12-7-17-30-25-15-13-24(14-16-25)29(38)34-32-21-23-9-6-11-27(19-23)36(3)4/h5-6,8-11,13-16,18-21,30H,7,12,17H2,1-4H3,(H,33,37)(H,34,38). The third-order valence-corrected chi connectivity index (χ3v) is 5.61. The first-order chi connectivity index (χ1) is 18.3. The van der Waals surface area contributed by atoms with E-state index in [1.165, 1.54) is 0 Å². The highest BCUT2D eigenvalue weighted by molar-refractivity contribution is 5.95. The Morgan fingerprint density at radius 3 is 1.87 bits per heavy atom. The van der Waals surface area contributed by atoms with Crippen LogP contribution in [0.15, 0.2) is 83.0 Å². The van der Waals surface area contributed by atoms with Gasteiger partial charge in [-0.3, -0.25) is 9.59 Å². The first-order valence-electron chi connectivity index (χ1n) is 12.4. The van der Waals surface area contributed by atoms with Crippen molar-refractivity contribution >= 4 is 41.3 Å². The van der Waals surface area contributed by atoms with Gasteiger partial charge in [-0.1, -0.05) is 24.3 Å². The number of amides is 2. The zero-order valence-electron chi connectivity index (χ0n) is 22.3. The van der Waals surface area contributed by atoms with E-state index in [1.54, 1.807) is 24.6 Å². The fraction of sp³-hybridized carbons (Fsp3) is 0.241. The molecule has 3 N–H and O–H groups in total. The molecule has 0 aliphatic rings. The van der Waals surface area contributed by atoms with Crippen LogP contribution in [0.25, 0.3) is 0 Å². The minimum atomic E-state index is -0.290. The van der Waals surface area contributed by atoms with Crippen molar-refractivity contribution in [2.24, 2.45) is 10.2 Å². The van der Waals surface area contributed by atoms with Gasteiger partial charge in [-0.05, 0) is 66.1 Å². The molecule has 0 atom stereocenters. The van der Waals surface area contributed by atoms with Crippen molar-refractivity contribution in [3.63, 3.8) is 0 Å². The molecule has 0 fully saturated rings. The number of hydrazone groups is 2. The SMILES string of the molecule is CN(C)c1cccc(C=NNC(=O)CCCNc2ccc(C(=O)NN=Cc3cccc(N(C)C)c3)cc2)c1. The predicted molar refractivity (Wildman–Crippen MR) is 157 cm³/mol. The first-order valence-corrected chi connectivity index (χ1v) is 12.4. The average molecular weight is 514 g/mol. The number of hydrogen-bond donors (Lipinski definition) is 3. The summed E-state index contributed by atoms with van der Waals surface area (Å²) >= 11 is 0. The van der Waals surface area contributed by atoms with E-state index in [-0.39, 0.29) is 11.8 Å². The Morgan fingerprint density at radius 2 is 1.32 bits per heavy atom. The molecule has 3 rings (SSSR count). The molecule has 0 radical (unpaired) electrons. The summed E-state index contributed by atoms with van der Waals surface area (Å²) in [5, 5.41) is 11.4. The zero-order chi connectivity index (χ0) is 27.3. The van der Waals surface area contributed by atoms with Gasteiger partial charge in [0.15, 0.2) is 0 Å². The maximum atomic E-state index is 12.4. The van der Waals surface area contributed by atoms with E-state index in [1.807, 2.05) is 98.7 Å². The Morgan fingerprint density at radius 1 is 0.763 bits per heavy atom. The summed E-state index contributed by atoms with van der Waals surface area (Å²) in [4.78, 5) is 28.4. The van der Waals surface area contributed by atoms with Crippen molar-refractivity contribution in [2.45, 2.75) is 12.8 Å². The highest BCUT2D eigenvalue weighted by Crippen LogP contribution is 2.13. The fourth-order valence-electron chi connectivity index (χ4n) is 3.45. The molecule has 0 aliphatic carbocycles. The molecule has 0 spiro atoms. The molecular weight excluding hydrogens is 478 g/mol. The van der Waals surface area contributed by atoms with Crippen LogP contribution in [0.4, 0.5) is 17.1 Å². The molecule has 0 saturated carbocycles. The molecule has 9 nitrogen and oxygen atoms in total. The minimum absolute atomic E-state index is 0.146. The van der Waals surface area contributed by atoms with Crippen molar-refractivity contribution in [3.05, 3.63) is 89.5 Å². The second kappa shape index (κ2) is 14.2. The van der Waals surface area contributed by atoms with Crippen LogP contribution in [-0.4, -0.2) is 59.0 Å². The van der Waals surface area contributed by atoms with Crippen molar-refractivity contribution in [2.75, 3.05) is 49.9 Å². The summed E-state index contributed by atoms with van der Waals surface area (Å²) in [5.41, 5.74) is 10.4. The van der Waals surface area contributed by atoms with Crippen molar-refractivity contribution in [1.29, 1.82) is 0 Å². The van der Waals surface area contributed by atoms with Crippen molar-refractivity contribution in [1.82, 2.24) is 10.9 Å². The van der Waals surface area contributed by atoms with E-state index < -0.39 is 0 Å². The van der Waals surface area contributed by atoms with Crippen LogP contribution in [0.3, 0.4) is 0 Å². The van der Waals surface area contributed by atoms with E-state index in [0.717, 1.165) is 28.2 Å². The molecule has 3 aromatic carbocycles. The summed E-state index contributed by atoms with van der Waals surface area (Å²) in [6.45, 7) is 0.615. The van der Waals surface area contributed by atoms with Gasteiger partial charge in [0.25, 0.3) is 5.91 Å². The Bertz CT molecular complexity index is 1270. The lowest BCUT2D eigenvalue weighted by Crippen LogP contribution is -2.18. The molecule has 3 aromatic rings. The monoisotopic (exact) mass is 513 g/mol. The molecular formula is C29H35N7O2. The summed E-state index contributed by atoms with van der Waals surface area (Å²) in [7, 11) is 7.89. The Hall–Kier alpha value is -4.66. The van der Waals surface area contributed by atoms with Gasteiger partial charge >= 0.3 is 0 Å². The van der Waals surface area contributed by atoms with Crippen LogP contribution in [0.1, 0.15) is 34.3 Å². The quantitative estimate of drug-likeness (QED) is 0.194. The van der Waals surface area contributed by atoms with E-state index in [0.29, 0.717) is 24.9 Å². The van der Waals surface area contributed by atoms with Crippen LogP contribution in [0.2, 0.25) is 0 Å². The van der Waals surface area contributed by atoms with E-state index in [9.17, 15) is 9.59 Å². The van der Waals surface area contributed by atoms with Crippen LogP contribution in [0.5, 0.6) is 0 Å². The molecule has 0 aromatic heterocycles. The predicted octanol–water partition coefficient (Wildman–Crippen LogP) is 3.92. The number of hydrogen-bond acceptors (Lipinski definition) is 7. The molecule has 0 aliphatic heterocycles. The number of carbonyl (C=O) groups excluding carboxylic acids is 2. The molecule has 0 saturated heterocycles. The Kier molecular flexibility index (Phi) is 10.4. The summed E-state index contributed by atoms with van der Waals surface area (Å²) < 4.78 is 0. The van der Waals surface area contributed by atoms with E-state index in [4.69, 9.17) is 0 Å². The molecule has 0 unspecified atom stereocenters. The van der Waals surface area contributed by atoms with Crippen LogP contribution < -0.4 is 26.0 Å². The lowest BCUT2D eigenvalue weighted by molar-refractivity contribution is -0.121. The molecule has 0 heterocycles. The average Bonchev–Trinajstić information content (AvgIpc) is 2.91. The maximum Gasteiger partial charge on any atom is 0.271 e. The highest BCUT2D eigenvalue weighted by atomic mass is 16.2. The number of benzene rings is 3. The van der Waals surface area contributed by atoms with Gasteiger partial charge in [0, 0.05) is 63.8 Å². The van der Waals surface area contributed by atoms with Gasteiger partial charge in [-0.2, -0.15) is 10.2 Å². The molecule has 0 bridgehead atoms. The van der Waals surface area contributed by atoms with Crippen molar-refractivity contribution < 1.29 is 9.59 Å². The molecule has 2 amide bonds. The third-order valence-electron chi connectivity index (χ3n) is 5.61. The number of nitrogens with one attached hydrogen (secondary N) is 3. The molecule has 9 heteroatoms. The van der Waals surface area contributed by atoms with E-state index >= 15 is 0 Å². The molecule has 198 valence electrons. The summed E-state index contributed by atoms with van der Waals surface area (Å²) in [6, 6.07) is 22.8. The van der Waals surface area contributed by atoms with Gasteiger partial charge in [-0.15, -0.1) is 0 Å². The van der Waals surface area contributed by atoms with Crippen LogP contribution in [-0.2, 0) is 4.79 Å². The van der Waals surface area contributed by atoms with Gasteiger partial charge < -0.3 is 15.1 Å². The van der Waals surface area contributed by atoms with E-state index in [2.05, 4.69) is 26.4 Å². The van der Waals surface area contributed by atoms with Crippen LogP contribution >= 0.6 is 0 Å². The Labute approximate surface area is 224 Å². The number of carbonyl (C=O) groups is 2. The van der Waals surface area contributed by atoms with Gasteiger partial charge in [0.2, 0.25) is 5.91 Å². The van der Waals surface area contributed by atoms with Gasteiger partial charge in [-0.25, -0.2) is 10.9 Å². The smallest absolute Gasteiger partial charge is 0.271 e. The Balaban J connectivity index is 1.36. The number of nitrogens with zero attached hydrogens (tertiary/aromatic N) is 4. The second-order valence-corrected chi connectivity index (χ2v) is 9.08.